The number of nitrogens with zero attached hydrogens (tertiary/aromatic N) is 2. The molecule has 0 fully saturated rings. The van der Waals surface area contributed by atoms with Gasteiger partial charge in [-0.25, -0.2) is 4.98 Å². The van der Waals surface area contributed by atoms with Crippen LogP contribution >= 0.6 is 16.3 Å². The molecule has 45 heavy (non-hydrogen) atoms. The SMILES string of the molecule is CCO[P+](P)(OCC)C(F)(F)CCOCCOCCOc1ccc(CCc2cnc3c(N)nc4cc(C)ccc4c3c2)c(C)c1. The second-order valence-corrected chi connectivity index (χ2v) is 15.2. The van der Waals surface area contributed by atoms with E-state index in [1.807, 2.05) is 31.3 Å². The molecule has 2 N–H and O–H groups in total. The van der Waals surface area contributed by atoms with Gasteiger partial charge in [-0.2, -0.15) is 17.8 Å². The minimum Gasteiger partial charge on any atom is -0.491 e. The van der Waals surface area contributed by atoms with Crippen LogP contribution in [0.5, 0.6) is 5.75 Å². The summed E-state index contributed by atoms with van der Waals surface area (Å²) in [5.41, 5.74) is 9.37. The lowest BCUT2D eigenvalue weighted by atomic mass is 9.99. The summed E-state index contributed by atoms with van der Waals surface area (Å²) in [6, 6.07) is 14.5. The van der Waals surface area contributed by atoms with Crippen molar-refractivity contribution in [1.82, 2.24) is 9.97 Å². The fourth-order valence-corrected chi connectivity index (χ4v) is 7.92. The first kappa shape index (κ1) is 35.3. The maximum Gasteiger partial charge on any atom is 0.410 e. The van der Waals surface area contributed by atoms with E-state index in [4.69, 9.17) is 29.0 Å². The fourth-order valence-electron chi connectivity index (χ4n) is 5.02. The molecule has 2 aromatic heterocycles. The normalized spacial score (nSPS) is 12.3. The van der Waals surface area contributed by atoms with E-state index in [0.717, 1.165) is 57.1 Å². The number of hydrogen-bond acceptors (Lipinski definition) is 8. The Morgan fingerprint density at radius 3 is 2.29 bits per heavy atom. The molecule has 0 aliphatic carbocycles. The van der Waals surface area contributed by atoms with Crippen molar-refractivity contribution in [2.75, 3.05) is 52.0 Å². The molecule has 8 nitrogen and oxygen atoms in total. The molecule has 1 unspecified atom stereocenters. The predicted octanol–water partition coefficient (Wildman–Crippen LogP) is 7.87. The van der Waals surface area contributed by atoms with E-state index in [1.165, 1.54) is 5.56 Å². The molecular formula is C33H44F2N3O5P2+. The van der Waals surface area contributed by atoms with Gasteiger partial charge in [0.05, 0.1) is 60.5 Å². The van der Waals surface area contributed by atoms with Crippen LogP contribution in [0, 0.1) is 13.8 Å². The molecule has 2 heterocycles. The van der Waals surface area contributed by atoms with Gasteiger partial charge in [0.25, 0.3) is 0 Å². The number of aryl methyl sites for hydroxylation is 4. The van der Waals surface area contributed by atoms with Gasteiger partial charge in [-0.15, -0.1) is 0 Å². The number of pyridine rings is 2. The van der Waals surface area contributed by atoms with Crippen molar-refractivity contribution in [3.05, 3.63) is 70.9 Å². The van der Waals surface area contributed by atoms with Crippen molar-refractivity contribution in [3.8, 4) is 5.75 Å². The first-order chi connectivity index (χ1) is 21.6. The molecule has 0 aliphatic heterocycles. The van der Waals surface area contributed by atoms with Crippen molar-refractivity contribution < 1.29 is 32.0 Å². The Labute approximate surface area is 266 Å². The summed E-state index contributed by atoms with van der Waals surface area (Å²) >= 11 is 0. The number of ether oxygens (including phenoxy) is 3. The van der Waals surface area contributed by atoms with Crippen LogP contribution in [0.25, 0.3) is 21.8 Å². The minimum atomic E-state index is -3.37. The molecule has 4 rings (SSSR count). The monoisotopic (exact) mass is 662 g/mol. The Bertz CT molecular complexity index is 1570. The highest BCUT2D eigenvalue weighted by Gasteiger charge is 2.62. The predicted molar refractivity (Wildman–Crippen MR) is 181 cm³/mol. The van der Waals surface area contributed by atoms with Crippen molar-refractivity contribution in [1.29, 1.82) is 0 Å². The molecule has 1 atom stereocenters. The number of fused-ring (bicyclic) bond motifs is 3. The van der Waals surface area contributed by atoms with E-state index in [-0.39, 0.29) is 33.0 Å². The quantitative estimate of drug-likeness (QED) is 0.0653. The molecule has 2 aromatic carbocycles. The molecule has 0 saturated heterocycles. The molecule has 0 saturated carbocycles. The molecule has 244 valence electrons. The summed E-state index contributed by atoms with van der Waals surface area (Å²) in [5, 5.41) is 2.07. The first-order valence-electron chi connectivity index (χ1n) is 15.2. The highest BCUT2D eigenvalue weighted by molar-refractivity contribution is 8.20. The first-order valence-corrected chi connectivity index (χ1v) is 18.5. The summed E-state index contributed by atoms with van der Waals surface area (Å²) in [6.45, 7) is 8.89. The van der Waals surface area contributed by atoms with E-state index < -0.39 is 19.5 Å². The molecule has 12 heteroatoms. The topological polar surface area (TPSA) is 98.0 Å². The molecule has 0 radical (unpaired) electrons. The van der Waals surface area contributed by atoms with Gasteiger partial charge in [-0.3, -0.25) is 4.98 Å². The Balaban J connectivity index is 1.18. The summed E-state index contributed by atoms with van der Waals surface area (Å²) in [7, 11) is -1.26. The number of anilines is 1. The van der Waals surface area contributed by atoms with Crippen molar-refractivity contribution in [2.24, 2.45) is 0 Å². The standard InChI is InChI=1S/C33H44F2N3O5P2/c1-5-42-45(44,43-6-2)33(34,35)13-14-39-15-16-40-17-18-41-27-11-10-26(24(4)20-27)9-8-25-21-29-28-12-7-23(3)19-30(28)38-32(36)31(29)37-22-25/h7,10-12,19-22H,5-6,8-9,13-18,44H2,1-4H3,(H2,36,38)/q+1. The summed E-state index contributed by atoms with van der Waals surface area (Å²) < 4.78 is 56.5. The van der Waals surface area contributed by atoms with Gasteiger partial charge in [0.2, 0.25) is 0 Å². The van der Waals surface area contributed by atoms with Gasteiger partial charge >= 0.3 is 13.1 Å². The van der Waals surface area contributed by atoms with Crippen LogP contribution in [0.1, 0.15) is 42.5 Å². The number of aromatic nitrogens is 2. The van der Waals surface area contributed by atoms with Crippen molar-refractivity contribution >= 4 is 44.0 Å². The van der Waals surface area contributed by atoms with Gasteiger partial charge in [-0.1, -0.05) is 18.2 Å². The Kier molecular flexibility index (Phi) is 12.8. The number of nitrogen functional groups attached to an aromatic ring is 1. The number of halogens is 2. The third-order valence-electron chi connectivity index (χ3n) is 7.38. The van der Waals surface area contributed by atoms with E-state index >= 15 is 0 Å². The van der Waals surface area contributed by atoms with Crippen LogP contribution in [0.4, 0.5) is 14.6 Å². The average molecular weight is 663 g/mol. The van der Waals surface area contributed by atoms with E-state index in [1.54, 1.807) is 13.8 Å². The maximum atomic E-state index is 14.6. The Hall–Kier alpha value is -2.58. The van der Waals surface area contributed by atoms with Gasteiger partial charge < -0.3 is 19.9 Å². The third kappa shape index (κ3) is 9.25. The van der Waals surface area contributed by atoms with Gasteiger partial charge in [0.15, 0.2) is 5.82 Å². The van der Waals surface area contributed by atoms with Crippen LogP contribution in [0.2, 0.25) is 0 Å². The Morgan fingerprint density at radius 1 is 0.867 bits per heavy atom. The molecule has 0 amide bonds. The molecule has 4 aromatic rings. The van der Waals surface area contributed by atoms with Crippen LogP contribution in [-0.2, 0) is 31.4 Å². The Morgan fingerprint density at radius 2 is 1.58 bits per heavy atom. The van der Waals surface area contributed by atoms with Gasteiger partial charge in [0, 0.05) is 17.0 Å². The summed E-state index contributed by atoms with van der Waals surface area (Å²) in [5.74, 6) is 1.21. The number of hydrogen-bond donors (Lipinski definition) is 1. The van der Waals surface area contributed by atoms with Crippen LogP contribution in [-0.4, -0.2) is 61.9 Å². The van der Waals surface area contributed by atoms with Crippen molar-refractivity contribution in [2.45, 2.75) is 52.6 Å². The number of nitrogens with two attached hydrogens (primary N) is 1. The van der Waals surface area contributed by atoms with Crippen LogP contribution < -0.4 is 10.5 Å². The minimum absolute atomic E-state index is 0.116. The lowest BCUT2D eigenvalue weighted by molar-refractivity contribution is -0.00385. The smallest absolute Gasteiger partial charge is 0.410 e. The molecule has 0 bridgehead atoms. The lowest BCUT2D eigenvalue weighted by Gasteiger charge is -2.26. The third-order valence-corrected chi connectivity index (χ3v) is 11.8. The zero-order valence-corrected chi connectivity index (χ0v) is 28.5. The molecule has 0 aliphatic rings. The van der Waals surface area contributed by atoms with Crippen molar-refractivity contribution in [3.63, 3.8) is 0 Å². The number of rotatable bonds is 18. The zero-order chi connectivity index (χ0) is 32.5. The number of benzene rings is 2. The van der Waals surface area contributed by atoms with E-state index in [9.17, 15) is 8.78 Å². The highest BCUT2D eigenvalue weighted by atomic mass is 32.1. The van der Waals surface area contributed by atoms with Crippen LogP contribution in [0.3, 0.4) is 0 Å². The second kappa shape index (κ2) is 16.3. The lowest BCUT2D eigenvalue weighted by Crippen LogP contribution is -2.24. The highest BCUT2D eigenvalue weighted by Crippen LogP contribution is 2.79. The maximum absolute atomic E-state index is 14.6. The fraction of sp³-hybridized carbons (Fsp3) is 0.455. The average Bonchev–Trinajstić information content (AvgIpc) is 2.99. The van der Waals surface area contributed by atoms with Gasteiger partial charge in [-0.05, 0) is 87.1 Å². The largest absolute Gasteiger partial charge is 0.491 e. The van der Waals surface area contributed by atoms with E-state index in [0.29, 0.717) is 19.0 Å². The number of alkyl halides is 2. The van der Waals surface area contributed by atoms with E-state index in [2.05, 4.69) is 50.1 Å². The second-order valence-electron chi connectivity index (χ2n) is 10.8. The summed E-state index contributed by atoms with van der Waals surface area (Å²) in [4.78, 5) is 9.17. The molecule has 0 spiro atoms. The molecular weight excluding hydrogens is 618 g/mol. The van der Waals surface area contributed by atoms with Gasteiger partial charge in [0.1, 0.15) is 17.9 Å². The zero-order valence-electron chi connectivity index (χ0n) is 26.5. The van der Waals surface area contributed by atoms with Crippen LogP contribution in [0.15, 0.2) is 48.7 Å². The summed E-state index contributed by atoms with van der Waals surface area (Å²) in [6.07, 6.45) is 3.11.